The summed E-state index contributed by atoms with van der Waals surface area (Å²) in [5.74, 6) is -4.18. The monoisotopic (exact) mass is 660 g/mol. The number of fused-ring (bicyclic) bond motifs is 1. The number of amides is 3. The van der Waals surface area contributed by atoms with Gasteiger partial charge in [0.2, 0.25) is 0 Å². The highest BCUT2D eigenvalue weighted by atomic mass is 79.9. The van der Waals surface area contributed by atoms with Crippen molar-refractivity contribution in [1.29, 1.82) is 0 Å². The van der Waals surface area contributed by atoms with Crippen molar-refractivity contribution in [3.63, 3.8) is 0 Å². The van der Waals surface area contributed by atoms with Crippen molar-refractivity contribution in [3.05, 3.63) is 70.5 Å². The minimum absolute atomic E-state index is 0.0297. The fourth-order valence-corrected chi connectivity index (χ4v) is 6.23. The van der Waals surface area contributed by atoms with Crippen LogP contribution < -0.4 is 0 Å². The summed E-state index contributed by atoms with van der Waals surface area (Å²) >= 11 is 19.1. The third kappa shape index (κ3) is 5.26. The van der Waals surface area contributed by atoms with E-state index in [9.17, 15) is 23.6 Å². The number of alkyl halides is 3. The molecule has 5 atom stereocenters. The van der Waals surface area contributed by atoms with Crippen LogP contribution in [-0.2, 0) is 9.59 Å². The van der Waals surface area contributed by atoms with Crippen LogP contribution in [0.2, 0.25) is 5.02 Å². The molecule has 1 aliphatic carbocycles. The summed E-state index contributed by atoms with van der Waals surface area (Å²) in [6, 6.07) is 9.49. The Labute approximate surface area is 234 Å². The Morgan fingerprint density at radius 2 is 1.44 bits per heavy atom. The molecule has 1 heterocycles. The SMILES string of the molecule is O=C(c1ccc(F)cc1)[C@H](CCCl)N(C(=O)c1ccc(Cl)cc1)N1C(=O)[C@H]2C[C@H](Br)[C@@H](Br)C[C@H]2C1=O. The van der Waals surface area contributed by atoms with E-state index in [2.05, 4.69) is 31.9 Å². The number of carbonyl (C=O) groups excluding carboxylic acids is 4. The summed E-state index contributed by atoms with van der Waals surface area (Å²) in [5.41, 5.74) is 0.260. The molecule has 3 amide bonds. The van der Waals surface area contributed by atoms with Crippen molar-refractivity contribution in [2.24, 2.45) is 11.8 Å². The van der Waals surface area contributed by atoms with Gasteiger partial charge in [0.1, 0.15) is 11.9 Å². The second-order valence-electron chi connectivity index (χ2n) is 8.73. The van der Waals surface area contributed by atoms with Crippen molar-refractivity contribution in [2.45, 2.75) is 35.0 Å². The van der Waals surface area contributed by atoms with Crippen LogP contribution in [-0.4, -0.2) is 55.1 Å². The van der Waals surface area contributed by atoms with E-state index in [1.165, 1.54) is 36.4 Å². The summed E-state index contributed by atoms with van der Waals surface area (Å²) in [6.45, 7) is 0. The fraction of sp³-hybridized carbons (Fsp3) is 0.360. The second kappa shape index (κ2) is 11.3. The summed E-state index contributed by atoms with van der Waals surface area (Å²) < 4.78 is 13.5. The van der Waals surface area contributed by atoms with Crippen molar-refractivity contribution in [2.75, 3.05) is 5.88 Å². The molecule has 1 aliphatic heterocycles. The first kappa shape index (κ1) is 27.2. The molecule has 190 valence electrons. The maximum absolute atomic E-state index is 13.8. The molecule has 4 rings (SSSR count). The molecular weight excluding hydrogens is 642 g/mol. The molecule has 0 spiro atoms. The highest BCUT2D eigenvalue weighted by molar-refractivity contribution is 9.12. The van der Waals surface area contributed by atoms with Crippen LogP contribution in [0.3, 0.4) is 0 Å². The minimum Gasteiger partial charge on any atom is -0.292 e. The van der Waals surface area contributed by atoms with Crippen LogP contribution in [0.5, 0.6) is 0 Å². The van der Waals surface area contributed by atoms with Crippen LogP contribution in [0.15, 0.2) is 48.5 Å². The molecule has 0 bridgehead atoms. The fourth-order valence-electron chi connectivity index (χ4n) is 4.66. The first-order valence-electron chi connectivity index (χ1n) is 11.2. The lowest BCUT2D eigenvalue weighted by Crippen LogP contribution is -2.57. The Morgan fingerprint density at radius 3 is 1.94 bits per heavy atom. The number of imide groups is 1. The number of Topliss-reactive ketones (excluding diaryl/α,β-unsaturated/α-hetero) is 1. The molecule has 2 aliphatic rings. The molecule has 2 fully saturated rings. The topological polar surface area (TPSA) is 74.8 Å². The predicted molar refractivity (Wildman–Crippen MR) is 141 cm³/mol. The lowest BCUT2D eigenvalue weighted by molar-refractivity contribution is -0.156. The molecule has 0 aromatic heterocycles. The molecule has 2 aromatic rings. The third-order valence-corrected chi connectivity index (χ3v) is 9.72. The van der Waals surface area contributed by atoms with Gasteiger partial charge < -0.3 is 0 Å². The summed E-state index contributed by atoms with van der Waals surface area (Å²) in [7, 11) is 0. The maximum Gasteiger partial charge on any atom is 0.273 e. The van der Waals surface area contributed by atoms with Crippen LogP contribution >= 0.6 is 55.1 Å². The highest BCUT2D eigenvalue weighted by Crippen LogP contribution is 2.44. The minimum atomic E-state index is -1.27. The number of ketones is 1. The molecule has 0 radical (unpaired) electrons. The largest absolute Gasteiger partial charge is 0.292 e. The smallest absolute Gasteiger partial charge is 0.273 e. The zero-order valence-electron chi connectivity index (χ0n) is 18.8. The van der Waals surface area contributed by atoms with E-state index >= 15 is 0 Å². The van der Waals surface area contributed by atoms with E-state index < -0.39 is 47.2 Å². The van der Waals surface area contributed by atoms with Crippen molar-refractivity contribution >= 4 is 78.6 Å². The summed E-state index contributed by atoms with van der Waals surface area (Å²) in [4.78, 5) is 54.6. The molecule has 11 heteroatoms. The van der Waals surface area contributed by atoms with Crippen LogP contribution in [0.25, 0.3) is 0 Å². The van der Waals surface area contributed by atoms with Crippen molar-refractivity contribution in [3.8, 4) is 0 Å². The van der Waals surface area contributed by atoms with E-state index in [1.807, 2.05) is 0 Å². The van der Waals surface area contributed by atoms with Gasteiger partial charge in [-0.25, -0.2) is 9.40 Å². The van der Waals surface area contributed by atoms with E-state index in [4.69, 9.17) is 23.2 Å². The van der Waals surface area contributed by atoms with E-state index in [-0.39, 0.29) is 33.1 Å². The normalized spacial score (nSPS) is 24.4. The van der Waals surface area contributed by atoms with Crippen molar-refractivity contribution in [1.82, 2.24) is 10.0 Å². The number of hydrazine groups is 1. The van der Waals surface area contributed by atoms with Crippen molar-refractivity contribution < 1.29 is 23.6 Å². The number of halogens is 5. The average molecular weight is 663 g/mol. The lowest BCUT2D eigenvalue weighted by Gasteiger charge is -2.36. The Bertz CT molecular complexity index is 1150. The number of rotatable bonds is 7. The zero-order chi connectivity index (χ0) is 26.1. The van der Waals surface area contributed by atoms with E-state index in [0.717, 1.165) is 22.2 Å². The Morgan fingerprint density at radius 1 is 0.944 bits per heavy atom. The number of nitrogens with zero attached hydrogens (tertiary/aromatic N) is 2. The molecule has 0 N–H and O–H groups in total. The summed E-state index contributed by atoms with van der Waals surface area (Å²) in [5, 5.41) is 2.16. The van der Waals surface area contributed by atoms with Gasteiger partial charge in [-0.2, -0.15) is 5.01 Å². The van der Waals surface area contributed by atoms with E-state index in [0.29, 0.717) is 17.9 Å². The molecule has 1 saturated carbocycles. The quantitative estimate of drug-likeness (QED) is 0.219. The Balaban J connectivity index is 1.80. The van der Waals surface area contributed by atoms with Gasteiger partial charge in [-0.15, -0.1) is 11.6 Å². The van der Waals surface area contributed by atoms with E-state index in [1.54, 1.807) is 0 Å². The van der Waals surface area contributed by atoms with Gasteiger partial charge >= 0.3 is 0 Å². The first-order chi connectivity index (χ1) is 17.1. The highest BCUT2D eigenvalue weighted by Gasteiger charge is 2.56. The van der Waals surface area contributed by atoms with Crippen LogP contribution in [0.1, 0.15) is 40.0 Å². The molecule has 1 saturated heterocycles. The number of carbonyl (C=O) groups is 4. The third-order valence-electron chi connectivity index (χ3n) is 6.51. The van der Waals surface area contributed by atoms with Gasteiger partial charge in [0.05, 0.1) is 11.8 Å². The Kier molecular flexibility index (Phi) is 8.54. The maximum atomic E-state index is 13.8. The number of benzene rings is 2. The van der Waals surface area contributed by atoms with Crippen LogP contribution in [0.4, 0.5) is 4.39 Å². The molecule has 36 heavy (non-hydrogen) atoms. The molecule has 0 unspecified atom stereocenters. The number of hydrogen-bond acceptors (Lipinski definition) is 4. The molecular formula is C25H21Br2Cl2FN2O4. The van der Waals surface area contributed by atoms with Gasteiger partial charge in [0, 0.05) is 31.7 Å². The number of hydrogen-bond donors (Lipinski definition) is 0. The van der Waals surface area contributed by atoms with Gasteiger partial charge in [0.25, 0.3) is 17.7 Å². The van der Waals surface area contributed by atoms with Crippen LogP contribution in [0, 0.1) is 17.7 Å². The predicted octanol–water partition coefficient (Wildman–Crippen LogP) is 5.64. The van der Waals surface area contributed by atoms with Gasteiger partial charge in [-0.1, -0.05) is 43.5 Å². The van der Waals surface area contributed by atoms with Gasteiger partial charge in [-0.3, -0.25) is 19.2 Å². The lowest BCUT2D eigenvalue weighted by atomic mass is 9.81. The average Bonchev–Trinajstić information content (AvgIpc) is 3.08. The zero-order valence-corrected chi connectivity index (χ0v) is 23.4. The molecule has 6 nitrogen and oxygen atoms in total. The first-order valence-corrected chi connectivity index (χ1v) is 14.0. The Hall–Kier alpha value is -1.81. The molecule has 2 aromatic carbocycles. The van der Waals surface area contributed by atoms with Gasteiger partial charge in [0.15, 0.2) is 5.78 Å². The standard InChI is InChI=1S/C25H21Br2Cl2FN2O4/c26-19-11-17-18(12-20(19)27)25(36)32(24(17)35)31(23(34)14-1-5-15(29)6-2-14)21(9-10-28)22(33)13-3-7-16(30)8-4-13/h1-8,17-21H,9-12H2/t17-,18+,19-,20-,21-/m0/s1. The van der Waals surface area contributed by atoms with Gasteiger partial charge in [-0.05, 0) is 67.8 Å². The summed E-state index contributed by atoms with van der Waals surface area (Å²) in [6.07, 6.45) is 0.763. The second-order valence-corrected chi connectivity index (χ2v) is 11.9.